The molecule has 1 aliphatic rings. The second-order valence-corrected chi connectivity index (χ2v) is 19.0. The van der Waals surface area contributed by atoms with E-state index in [1.54, 1.807) is 62.7 Å². The van der Waals surface area contributed by atoms with E-state index in [9.17, 15) is 28.8 Å². The van der Waals surface area contributed by atoms with Gasteiger partial charge in [0.1, 0.15) is 49.5 Å². The van der Waals surface area contributed by atoms with E-state index in [-0.39, 0.29) is 44.8 Å². The molecule has 0 spiro atoms. The van der Waals surface area contributed by atoms with Gasteiger partial charge in [-0.3, -0.25) is 32.9 Å². The molecular weight excluding hydrogens is 953 g/mol. The molecule has 7 rings (SSSR count). The van der Waals surface area contributed by atoms with E-state index in [1.165, 1.54) is 11.9 Å². The zero-order valence-electron chi connectivity index (χ0n) is 42.3. The molecule has 0 radical (unpaired) electrons. The van der Waals surface area contributed by atoms with Gasteiger partial charge in [-0.1, -0.05) is 72.8 Å². The summed E-state index contributed by atoms with van der Waals surface area (Å²) in [7, 11) is 1.42. The minimum absolute atomic E-state index is 0.0740. The number of hydrogen-bond donors (Lipinski definition) is 6. The van der Waals surface area contributed by atoms with Crippen LogP contribution < -0.4 is 33.6 Å². The van der Waals surface area contributed by atoms with E-state index in [0.717, 1.165) is 27.1 Å². The van der Waals surface area contributed by atoms with Crippen LogP contribution in [-0.2, 0) is 64.6 Å². The van der Waals surface area contributed by atoms with E-state index in [0.29, 0.717) is 55.6 Å². The number of hydrogen-bond acceptors (Lipinski definition) is 14. The van der Waals surface area contributed by atoms with Crippen molar-refractivity contribution in [3.05, 3.63) is 144 Å². The zero-order chi connectivity index (χ0) is 53.6. The van der Waals surface area contributed by atoms with Crippen LogP contribution in [-0.4, -0.2) is 115 Å². The highest BCUT2D eigenvalue weighted by Gasteiger charge is 2.34. The largest absolute Gasteiger partial charge is 0.443 e. The third kappa shape index (κ3) is 15.1. The lowest BCUT2D eigenvalue weighted by atomic mass is 10.1. The Morgan fingerprint density at radius 2 is 1.12 bits per heavy atom. The Labute approximate surface area is 428 Å². The van der Waals surface area contributed by atoms with Gasteiger partial charge in [-0.2, -0.15) is 0 Å². The third-order valence-electron chi connectivity index (χ3n) is 11.7. The maximum absolute atomic E-state index is 12.8. The molecule has 394 valence electrons. The molecule has 1 aliphatic heterocycles. The smallest absolute Gasteiger partial charge is 0.410 e. The fourth-order valence-corrected chi connectivity index (χ4v) is 7.83. The Bertz CT molecular complexity index is 2880. The molecule has 4 aromatic heterocycles. The molecule has 22 nitrogen and oxygen atoms in total. The molecule has 6 amide bonds. The number of nitrogens with two attached hydrogens (primary N) is 4. The summed E-state index contributed by atoms with van der Waals surface area (Å²) in [4.78, 5) is 84.9. The quantitative estimate of drug-likeness (QED) is 0.0601. The van der Waals surface area contributed by atoms with Crippen molar-refractivity contribution in [2.24, 2.45) is 22.9 Å². The predicted octanol–water partition coefficient (Wildman–Crippen LogP) is 3.53. The average molecular weight is 1020 g/mol. The topological polar surface area (TPSA) is 309 Å². The van der Waals surface area contributed by atoms with Gasteiger partial charge in [0.2, 0.25) is 23.6 Å². The predicted molar refractivity (Wildman–Crippen MR) is 272 cm³/mol. The van der Waals surface area contributed by atoms with Crippen molar-refractivity contribution in [1.29, 1.82) is 0 Å². The van der Waals surface area contributed by atoms with E-state index in [1.807, 2.05) is 83.3 Å². The molecule has 5 heterocycles. The van der Waals surface area contributed by atoms with Gasteiger partial charge in [-0.15, -0.1) is 0 Å². The fraction of sp³-hybridized carbons (Fsp3) is 0.385. The molecule has 6 aromatic rings. The normalized spacial score (nSPS) is 14.4. The van der Waals surface area contributed by atoms with E-state index in [4.69, 9.17) is 41.9 Å². The number of pyridine rings is 2. The summed E-state index contributed by atoms with van der Waals surface area (Å²) in [6, 6.07) is 28.3. The number of amides is 6. The standard InChI is InChI=1S/C27H34N6O5.C25H32N6O5/c1-27(2,29)25(35)31-21(17-37-15-18-8-4-3-5-9-18)24-30-14-19-10-6-11-20(33(19)24)16-38-26(36)32-13-7-12-22(32)23(28)34;1-25(2,27)23(33)29-20(16-35-14-17-8-5-4-6-9-17)22-28-12-18-10-7-11-19(31(18)22)15-36-24(34)30(3)13-21(26)32/h3-6,8-11,14,21-22H,7,12-13,15-17,29H2,1-2H3,(H2,28,34)(H,31,35);4-12,20H,13-16,27H2,1-3H3,(H2,26,32)(H,29,33)/t21-,22?;20-/m11/s1. The number of benzene rings is 2. The van der Waals surface area contributed by atoms with E-state index < -0.39 is 53.2 Å². The third-order valence-corrected chi connectivity index (χ3v) is 11.7. The number of likely N-dealkylation sites (N-methyl/N-ethyl adjacent to an activating group) is 1. The van der Waals surface area contributed by atoms with Gasteiger partial charge in [0, 0.05) is 13.6 Å². The van der Waals surface area contributed by atoms with Crippen LogP contribution in [0.3, 0.4) is 0 Å². The molecule has 10 N–H and O–H groups in total. The summed E-state index contributed by atoms with van der Waals surface area (Å²) in [6.07, 6.45) is 3.23. The number of ether oxygens (including phenoxy) is 4. The number of rotatable bonds is 21. The first-order chi connectivity index (χ1) is 35.2. The lowest BCUT2D eigenvalue weighted by molar-refractivity contribution is -0.127. The highest BCUT2D eigenvalue weighted by Crippen LogP contribution is 2.23. The summed E-state index contributed by atoms with van der Waals surface area (Å²) in [6.45, 7) is 7.41. The number of carbonyl (C=O) groups excluding carboxylic acids is 6. The maximum atomic E-state index is 12.8. The van der Waals surface area contributed by atoms with Crippen molar-refractivity contribution >= 4 is 46.8 Å². The Morgan fingerprint density at radius 3 is 1.55 bits per heavy atom. The Balaban J connectivity index is 0.000000241. The second-order valence-electron chi connectivity index (χ2n) is 19.0. The van der Waals surface area contributed by atoms with Gasteiger partial charge >= 0.3 is 12.2 Å². The number of nitrogens with one attached hydrogen (secondary N) is 2. The second kappa shape index (κ2) is 25.2. The summed E-state index contributed by atoms with van der Waals surface area (Å²) in [5.74, 6) is -0.926. The molecular formula is C52H66N12O10. The van der Waals surface area contributed by atoms with Crippen molar-refractivity contribution in [2.45, 2.75) is 96.2 Å². The SMILES string of the molecule is CC(C)(N)C(=O)N[C@H](COCc1ccccc1)c1ncc2cccc(COC(=O)N3CCCC3C(N)=O)n12.CN(CC(N)=O)C(=O)OCc1cccc2cnc([C@@H](COCc3ccccc3)NC(=O)C(C)(C)N)n12. The van der Waals surface area contributed by atoms with Gasteiger partial charge in [-0.25, -0.2) is 19.6 Å². The van der Waals surface area contributed by atoms with Crippen LogP contribution in [0, 0.1) is 0 Å². The first kappa shape index (κ1) is 55.4. The average Bonchev–Trinajstić information content (AvgIpc) is 4.14. The maximum Gasteiger partial charge on any atom is 0.410 e. The number of aromatic nitrogens is 4. The Morgan fingerprint density at radius 1 is 0.662 bits per heavy atom. The van der Waals surface area contributed by atoms with Crippen LogP contribution in [0.15, 0.2) is 109 Å². The summed E-state index contributed by atoms with van der Waals surface area (Å²) in [5, 5.41) is 5.88. The molecule has 1 fully saturated rings. The molecule has 3 atom stereocenters. The minimum Gasteiger partial charge on any atom is -0.443 e. The van der Waals surface area contributed by atoms with Gasteiger partial charge in [0.15, 0.2) is 0 Å². The van der Waals surface area contributed by atoms with Crippen molar-refractivity contribution in [1.82, 2.24) is 39.2 Å². The minimum atomic E-state index is -1.12. The van der Waals surface area contributed by atoms with Crippen molar-refractivity contribution in [2.75, 3.05) is 33.4 Å². The molecule has 74 heavy (non-hydrogen) atoms. The van der Waals surface area contributed by atoms with Gasteiger partial charge in [0.25, 0.3) is 0 Å². The number of imidazole rings is 2. The number of fused-ring (bicyclic) bond motifs is 2. The van der Waals surface area contributed by atoms with E-state index in [2.05, 4.69) is 20.6 Å². The van der Waals surface area contributed by atoms with Crippen LogP contribution >= 0.6 is 0 Å². The Hall–Kier alpha value is -7.92. The van der Waals surface area contributed by atoms with Crippen LogP contribution in [0.4, 0.5) is 9.59 Å². The lowest BCUT2D eigenvalue weighted by Crippen LogP contribution is -2.51. The Kier molecular flexibility index (Phi) is 18.8. The first-order valence-electron chi connectivity index (χ1n) is 23.9. The summed E-state index contributed by atoms with van der Waals surface area (Å²) < 4.78 is 26.4. The van der Waals surface area contributed by atoms with Crippen LogP contribution in [0.5, 0.6) is 0 Å². The highest BCUT2D eigenvalue weighted by atomic mass is 16.6. The van der Waals surface area contributed by atoms with Crippen molar-refractivity contribution < 1.29 is 47.7 Å². The number of likely N-dealkylation sites (tertiary alicyclic amines) is 1. The highest BCUT2D eigenvalue weighted by molar-refractivity contribution is 5.86. The molecule has 0 bridgehead atoms. The monoisotopic (exact) mass is 1020 g/mol. The molecule has 1 unspecified atom stereocenters. The van der Waals surface area contributed by atoms with Crippen LogP contribution in [0.25, 0.3) is 11.0 Å². The van der Waals surface area contributed by atoms with Crippen LogP contribution in [0.1, 0.15) is 86.8 Å². The number of carbonyl (C=O) groups is 6. The fourth-order valence-electron chi connectivity index (χ4n) is 7.83. The molecule has 22 heteroatoms. The van der Waals surface area contributed by atoms with Gasteiger partial charge in [0.05, 0.1) is 72.3 Å². The van der Waals surface area contributed by atoms with Crippen molar-refractivity contribution in [3.63, 3.8) is 0 Å². The molecule has 0 saturated carbocycles. The number of primary amides is 2. The lowest BCUT2D eigenvalue weighted by Gasteiger charge is -2.25. The van der Waals surface area contributed by atoms with Gasteiger partial charge in [-0.05, 0) is 75.9 Å². The summed E-state index contributed by atoms with van der Waals surface area (Å²) in [5.41, 5.74) is 25.1. The molecule has 1 saturated heterocycles. The zero-order valence-corrected chi connectivity index (χ0v) is 42.3. The van der Waals surface area contributed by atoms with Crippen molar-refractivity contribution in [3.8, 4) is 0 Å². The summed E-state index contributed by atoms with van der Waals surface area (Å²) >= 11 is 0. The van der Waals surface area contributed by atoms with Gasteiger partial charge < -0.3 is 57.4 Å². The van der Waals surface area contributed by atoms with Crippen LogP contribution in [0.2, 0.25) is 0 Å². The first-order valence-corrected chi connectivity index (χ1v) is 23.9. The molecule has 2 aromatic carbocycles. The number of nitrogens with zero attached hydrogens (tertiary/aromatic N) is 6. The molecule has 0 aliphatic carbocycles. The van der Waals surface area contributed by atoms with E-state index >= 15 is 0 Å².